The summed E-state index contributed by atoms with van der Waals surface area (Å²) >= 11 is 0. The zero-order valence-corrected chi connectivity index (χ0v) is 16.5. The first-order valence-corrected chi connectivity index (χ1v) is 9.64. The van der Waals surface area contributed by atoms with Crippen molar-refractivity contribution in [2.24, 2.45) is 0 Å². The summed E-state index contributed by atoms with van der Waals surface area (Å²) in [5.41, 5.74) is 3.18. The lowest BCUT2D eigenvalue weighted by Gasteiger charge is -2.21. The fourth-order valence-corrected chi connectivity index (χ4v) is 2.99. The van der Waals surface area contributed by atoms with Crippen LogP contribution >= 0.6 is 0 Å². The SMILES string of the molecule is C=CCNc1cc(Nc2ccc(N(CC)CC)cc2)nc(-c2ccccc2)n1. The molecule has 0 fully saturated rings. The number of anilines is 4. The number of hydrogen-bond donors (Lipinski definition) is 2. The maximum atomic E-state index is 4.70. The average molecular weight is 374 g/mol. The van der Waals surface area contributed by atoms with Gasteiger partial charge in [0.25, 0.3) is 0 Å². The van der Waals surface area contributed by atoms with Crippen LogP contribution in [-0.2, 0) is 0 Å². The van der Waals surface area contributed by atoms with E-state index in [1.165, 1.54) is 5.69 Å². The predicted molar refractivity (Wildman–Crippen MR) is 119 cm³/mol. The van der Waals surface area contributed by atoms with Crippen molar-refractivity contribution in [2.75, 3.05) is 35.2 Å². The molecule has 0 bridgehead atoms. The van der Waals surface area contributed by atoms with Crippen molar-refractivity contribution in [3.8, 4) is 11.4 Å². The van der Waals surface area contributed by atoms with Crippen molar-refractivity contribution >= 4 is 23.0 Å². The van der Waals surface area contributed by atoms with Crippen molar-refractivity contribution < 1.29 is 0 Å². The molecule has 2 aromatic carbocycles. The summed E-state index contributed by atoms with van der Waals surface area (Å²) in [6, 6.07) is 20.3. The highest BCUT2D eigenvalue weighted by atomic mass is 15.1. The molecule has 2 N–H and O–H groups in total. The fourth-order valence-electron chi connectivity index (χ4n) is 2.99. The van der Waals surface area contributed by atoms with Crippen LogP contribution in [0.5, 0.6) is 0 Å². The smallest absolute Gasteiger partial charge is 0.163 e. The number of nitrogens with zero attached hydrogens (tertiary/aromatic N) is 3. The molecule has 0 aliphatic rings. The van der Waals surface area contributed by atoms with Gasteiger partial charge in [0.05, 0.1) is 0 Å². The Kier molecular flexibility index (Phi) is 6.63. The van der Waals surface area contributed by atoms with E-state index in [2.05, 4.69) is 65.2 Å². The summed E-state index contributed by atoms with van der Waals surface area (Å²) in [7, 11) is 0. The zero-order valence-electron chi connectivity index (χ0n) is 16.5. The van der Waals surface area contributed by atoms with E-state index >= 15 is 0 Å². The maximum Gasteiger partial charge on any atom is 0.163 e. The highest BCUT2D eigenvalue weighted by Crippen LogP contribution is 2.24. The highest BCUT2D eigenvalue weighted by molar-refractivity contribution is 5.66. The van der Waals surface area contributed by atoms with E-state index in [1.54, 1.807) is 0 Å². The summed E-state index contributed by atoms with van der Waals surface area (Å²) in [6.07, 6.45) is 1.81. The van der Waals surface area contributed by atoms with Gasteiger partial charge in [-0.1, -0.05) is 36.4 Å². The summed E-state index contributed by atoms with van der Waals surface area (Å²) in [5.74, 6) is 2.18. The Morgan fingerprint density at radius 2 is 1.61 bits per heavy atom. The molecule has 1 aromatic heterocycles. The van der Waals surface area contributed by atoms with Gasteiger partial charge in [0.15, 0.2) is 5.82 Å². The lowest BCUT2D eigenvalue weighted by atomic mass is 10.2. The molecule has 5 heteroatoms. The van der Waals surface area contributed by atoms with Gasteiger partial charge in [-0.25, -0.2) is 9.97 Å². The Balaban J connectivity index is 1.87. The number of aromatic nitrogens is 2. The van der Waals surface area contributed by atoms with Crippen molar-refractivity contribution in [1.82, 2.24) is 9.97 Å². The Morgan fingerprint density at radius 1 is 0.929 bits per heavy atom. The molecule has 5 nitrogen and oxygen atoms in total. The number of rotatable bonds is 9. The quantitative estimate of drug-likeness (QED) is 0.496. The summed E-state index contributed by atoms with van der Waals surface area (Å²) in [5, 5.41) is 6.65. The maximum absolute atomic E-state index is 4.70. The Hall–Kier alpha value is -3.34. The Labute approximate surface area is 167 Å². The number of nitrogens with one attached hydrogen (secondary N) is 2. The van der Waals surface area contributed by atoms with Crippen LogP contribution in [0.4, 0.5) is 23.0 Å². The molecule has 0 atom stereocenters. The molecule has 0 unspecified atom stereocenters. The molecule has 0 radical (unpaired) electrons. The van der Waals surface area contributed by atoms with Gasteiger partial charge in [0.2, 0.25) is 0 Å². The first-order valence-electron chi connectivity index (χ1n) is 9.64. The minimum Gasteiger partial charge on any atom is -0.372 e. The van der Waals surface area contributed by atoms with Crippen LogP contribution in [0.2, 0.25) is 0 Å². The fraction of sp³-hybridized carbons (Fsp3) is 0.217. The van der Waals surface area contributed by atoms with Crippen molar-refractivity contribution in [3.05, 3.63) is 73.3 Å². The van der Waals surface area contributed by atoms with Crippen LogP contribution < -0.4 is 15.5 Å². The second-order valence-electron chi connectivity index (χ2n) is 6.34. The molecule has 1 heterocycles. The molecule has 0 aliphatic heterocycles. The van der Waals surface area contributed by atoms with E-state index in [9.17, 15) is 0 Å². The molecule has 0 saturated heterocycles. The minimum absolute atomic E-state index is 0.642. The van der Waals surface area contributed by atoms with E-state index in [-0.39, 0.29) is 0 Å². The largest absolute Gasteiger partial charge is 0.372 e. The van der Waals surface area contributed by atoms with Crippen LogP contribution in [0.1, 0.15) is 13.8 Å². The van der Waals surface area contributed by atoms with E-state index in [0.29, 0.717) is 12.4 Å². The number of benzene rings is 2. The third kappa shape index (κ3) is 4.88. The second kappa shape index (κ2) is 9.55. The van der Waals surface area contributed by atoms with Crippen LogP contribution in [-0.4, -0.2) is 29.6 Å². The third-order valence-electron chi connectivity index (χ3n) is 4.45. The standard InChI is InChI=1S/C23H27N5/c1-4-16-24-21-17-22(27-23(26-21)18-10-8-7-9-11-18)25-19-12-14-20(15-13-19)28(5-2)6-3/h4,7-15,17H,1,5-6,16H2,2-3H3,(H2,24,25,26,27). The summed E-state index contributed by atoms with van der Waals surface area (Å²) < 4.78 is 0. The van der Waals surface area contributed by atoms with E-state index in [0.717, 1.165) is 36.0 Å². The van der Waals surface area contributed by atoms with E-state index < -0.39 is 0 Å². The molecule has 0 saturated carbocycles. The van der Waals surface area contributed by atoms with Gasteiger partial charge < -0.3 is 15.5 Å². The minimum atomic E-state index is 0.642. The van der Waals surface area contributed by atoms with Gasteiger partial charge in [-0.15, -0.1) is 6.58 Å². The lowest BCUT2D eigenvalue weighted by molar-refractivity contribution is 0.866. The topological polar surface area (TPSA) is 53.1 Å². The molecule has 0 amide bonds. The van der Waals surface area contributed by atoms with E-state index in [1.807, 2.05) is 42.5 Å². The van der Waals surface area contributed by atoms with Gasteiger partial charge in [0, 0.05) is 42.6 Å². The van der Waals surface area contributed by atoms with Crippen LogP contribution in [0.3, 0.4) is 0 Å². The first kappa shape index (κ1) is 19.4. The molecule has 28 heavy (non-hydrogen) atoms. The highest BCUT2D eigenvalue weighted by Gasteiger charge is 2.08. The molecular formula is C23H27N5. The van der Waals surface area contributed by atoms with Crippen LogP contribution in [0, 0.1) is 0 Å². The van der Waals surface area contributed by atoms with Crippen molar-refractivity contribution in [3.63, 3.8) is 0 Å². The van der Waals surface area contributed by atoms with Gasteiger partial charge in [-0.2, -0.15) is 0 Å². The predicted octanol–water partition coefficient (Wildman–Crippen LogP) is 5.33. The first-order chi connectivity index (χ1) is 13.7. The van der Waals surface area contributed by atoms with Crippen LogP contribution in [0.25, 0.3) is 11.4 Å². The third-order valence-corrected chi connectivity index (χ3v) is 4.45. The molecule has 0 aliphatic carbocycles. The normalized spacial score (nSPS) is 10.4. The monoisotopic (exact) mass is 373 g/mol. The van der Waals surface area contributed by atoms with Gasteiger partial charge in [0.1, 0.15) is 11.6 Å². The molecule has 0 spiro atoms. The van der Waals surface area contributed by atoms with Gasteiger partial charge in [-0.3, -0.25) is 0 Å². The Morgan fingerprint density at radius 3 is 2.25 bits per heavy atom. The average Bonchev–Trinajstić information content (AvgIpc) is 2.75. The van der Waals surface area contributed by atoms with Crippen LogP contribution in [0.15, 0.2) is 73.3 Å². The van der Waals surface area contributed by atoms with Crippen molar-refractivity contribution in [1.29, 1.82) is 0 Å². The van der Waals surface area contributed by atoms with Gasteiger partial charge in [-0.05, 0) is 38.1 Å². The van der Waals surface area contributed by atoms with E-state index in [4.69, 9.17) is 4.98 Å². The lowest BCUT2D eigenvalue weighted by Crippen LogP contribution is -2.21. The number of hydrogen-bond acceptors (Lipinski definition) is 5. The van der Waals surface area contributed by atoms with Crippen molar-refractivity contribution in [2.45, 2.75) is 13.8 Å². The Bertz CT molecular complexity index is 887. The molecule has 3 rings (SSSR count). The summed E-state index contributed by atoms with van der Waals surface area (Å²) in [6.45, 7) is 10.7. The summed E-state index contributed by atoms with van der Waals surface area (Å²) in [4.78, 5) is 11.6. The molecule has 144 valence electrons. The zero-order chi connectivity index (χ0) is 19.8. The molecule has 3 aromatic rings. The van der Waals surface area contributed by atoms with Gasteiger partial charge >= 0.3 is 0 Å². The second-order valence-corrected chi connectivity index (χ2v) is 6.34. The molecular weight excluding hydrogens is 346 g/mol.